The van der Waals surface area contributed by atoms with E-state index in [1.807, 2.05) is 32.0 Å². The second kappa shape index (κ2) is 5.59. The smallest absolute Gasteiger partial charge is 0.129 e. The molecule has 0 radical (unpaired) electrons. The zero-order valence-corrected chi connectivity index (χ0v) is 11.7. The van der Waals surface area contributed by atoms with Gasteiger partial charge in [-0.25, -0.2) is 4.98 Å². The number of hydrogen-bond acceptors (Lipinski definition) is 2. The molecule has 18 heavy (non-hydrogen) atoms. The lowest BCUT2D eigenvalue weighted by Gasteiger charge is -2.12. The minimum atomic E-state index is 0.466. The molecule has 2 rings (SSSR count). The Morgan fingerprint density at radius 3 is 2.33 bits per heavy atom. The first kappa shape index (κ1) is 13.2. The molecule has 1 heterocycles. The molecule has 94 valence electrons. The molecule has 1 aromatic carbocycles. The van der Waals surface area contributed by atoms with E-state index in [0.717, 1.165) is 27.5 Å². The van der Waals surface area contributed by atoms with Crippen LogP contribution in [-0.4, -0.2) is 4.98 Å². The van der Waals surface area contributed by atoms with Crippen LogP contribution < -0.4 is 4.74 Å². The highest BCUT2D eigenvalue weighted by atomic mass is 35.5. The number of ether oxygens (including phenoxy) is 1. The number of hydrogen-bond donors (Lipinski definition) is 0. The van der Waals surface area contributed by atoms with Crippen molar-refractivity contribution in [2.24, 2.45) is 0 Å². The van der Waals surface area contributed by atoms with E-state index in [1.54, 1.807) is 12.3 Å². The Morgan fingerprint density at radius 2 is 1.78 bits per heavy atom. The van der Waals surface area contributed by atoms with Gasteiger partial charge in [0.05, 0.1) is 0 Å². The second-order valence-corrected chi connectivity index (χ2v) is 4.97. The topological polar surface area (TPSA) is 22.1 Å². The van der Waals surface area contributed by atoms with Gasteiger partial charge in [-0.3, -0.25) is 0 Å². The third kappa shape index (κ3) is 3.15. The van der Waals surface area contributed by atoms with E-state index in [9.17, 15) is 0 Å². The molecule has 0 aliphatic heterocycles. The van der Waals surface area contributed by atoms with Crippen LogP contribution in [0, 0.1) is 13.8 Å². The summed E-state index contributed by atoms with van der Waals surface area (Å²) in [6.45, 7) is 4.43. The first-order valence-corrected chi connectivity index (χ1v) is 6.32. The molecular weight excluding hydrogens is 269 g/mol. The predicted molar refractivity (Wildman–Crippen MR) is 74.5 cm³/mol. The van der Waals surface area contributed by atoms with Gasteiger partial charge in [0, 0.05) is 16.8 Å². The molecule has 0 spiro atoms. The van der Waals surface area contributed by atoms with Crippen molar-refractivity contribution >= 4 is 23.2 Å². The number of aryl methyl sites for hydroxylation is 2. The first-order chi connectivity index (χ1) is 8.56. The van der Waals surface area contributed by atoms with Crippen molar-refractivity contribution in [3.8, 4) is 5.75 Å². The summed E-state index contributed by atoms with van der Waals surface area (Å²) < 4.78 is 5.81. The standard InChI is InChI=1S/C14H13Cl2NO/c1-9-5-12(15)6-10(2)14(9)18-8-11-3-4-13(16)17-7-11/h3-7H,8H2,1-2H3. The van der Waals surface area contributed by atoms with Gasteiger partial charge >= 0.3 is 0 Å². The highest BCUT2D eigenvalue weighted by molar-refractivity contribution is 6.30. The van der Waals surface area contributed by atoms with Gasteiger partial charge in [-0.2, -0.15) is 0 Å². The molecule has 4 heteroatoms. The Bertz CT molecular complexity index is 529. The molecular formula is C14H13Cl2NO. The molecule has 2 nitrogen and oxygen atoms in total. The molecule has 0 fully saturated rings. The molecule has 0 saturated heterocycles. The second-order valence-electron chi connectivity index (χ2n) is 4.15. The van der Waals surface area contributed by atoms with Crippen LogP contribution >= 0.6 is 23.2 Å². The summed E-state index contributed by atoms with van der Waals surface area (Å²) in [5, 5.41) is 1.21. The van der Waals surface area contributed by atoms with Crippen molar-refractivity contribution in [1.82, 2.24) is 4.98 Å². The minimum Gasteiger partial charge on any atom is -0.488 e. The van der Waals surface area contributed by atoms with Gasteiger partial charge in [0.15, 0.2) is 0 Å². The van der Waals surface area contributed by atoms with E-state index in [-0.39, 0.29) is 0 Å². The maximum absolute atomic E-state index is 5.98. The minimum absolute atomic E-state index is 0.466. The van der Waals surface area contributed by atoms with Gasteiger partial charge < -0.3 is 4.74 Å². The third-order valence-corrected chi connectivity index (χ3v) is 3.04. The van der Waals surface area contributed by atoms with E-state index in [1.165, 1.54) is 0 Å². The number of benzene rings is 1. The Hall–Kier alpha value is -1.25. The summed E-state index contributed by atoms with van der Waals surface area (Å²) in [5.41, 5.74) is 3.04. The van der Waals surface area contributed by atoms with E-state index in [4.69, 9.17) is 27.9 Å². The quantitative estimate of drug-likeness (QED) is 0.768. The highest BCUT2D eigenvalue weighted by Gasteiger charge is 2.06. The van der Waals surface area contributed by atoms with Gasteiger partial charge in [-0.15, -0.1) is 0 Å². The van der Waals surface area contributed by atoms with Gasteiger partial charge in [-0.05, 0) is 43.2 Å². The van der Waals surface area contributed by atoms with Crippen molar-refractivity contribution in [2.75, 3.05) is 0 Å². The van der Waals surface area contributed by atoms with Crippen LogP contribution in [0.25, 0.3) is 0 Å². The predicted octanol–water partition coefficient (Wildman–Crippen LogP) is 4.58. The van der Waals surface area contributed by atoms with Crippen LogP contribution in [0.4, 0.5) is 0 Å². The fraction of sp³-hybridized carbons (Fsp3) is 0.214. The SMILES string of the molecule is Cc1cc(Cl)cc(C)c1OCc1ccc(Cl)nc1. The van der Waals surface area contributed by atoms with Crippen LogP contribution in [0.1, 0.15) is 16.7 Å². The number of pyridine rings is 1. The first-order valence-electron chi connectivity index (χ1n) is 5.56. The molecule has 0 amide bonds. The molecule has 2 aromatic rings. The van der Waals surface area contributed by atoms with Gasteiger partial charge in [0.2, 0.25) is 0 Å². The van der Waals surface area contributed by atoms with Gasteiger partial charge in [-0.1, -0.05) is 29.3 Å². The number of nitrogens with zero attached hydrogens (tertiary/aromatic N) is 1. The largest absolute Gasteiger partial charge is 0.488 e. The lowest BCUT2D eigenvalue weighted by molar-refractivity contribution is 0.301. The summed E-state index contributed by atoms with van der Waals surface area (Å²) >= 11 is 11.7. The van der Waals surface area contributed by atoms with E-state index in [2.05, 4.69) is 4.98 Å². The molecule has 1 aromatic heterocycles. The summed E-state index contributed by atoms with van der Waals surface area (Å²) in [6, 6.07) is 7.44. The van der Waals surface area contributed by atoms with Gasteiger partial charge in [0.1, 0.15) is 17.5 Å². The maximum atomic E-state index is 5.98. The third-order valence-electron chi connectivity index (χ3n) is 2.60. The zero-order valence-electron chi connectivity index (χ0n) is 10.2. The molecule has 0 N–H and O–H groups in total. The Kier molecular flexibility index (Phi) is 4.10. The van der Waals surface area contributed by atoms with Crippen LogP contribution in [0.5, 0.6) is 5.75 Å². The van der Waals surface area contributed by atoms with Crippen LogP contribution in [0.2, 0.25) is 10.2 Å². The molecule has 0 unspecified atom stereocenters. The van der Waals surface area contributed by atoms with Crippen molar-refractivity contribution in [3.05, 3.63) is 57.3 Å². The summed E-state index contributed by atoms with van der Waals surface area (Å²) in [6.07, 6.45) is 1.71. The molecule has 0 bridgehead atoms. The number of rotatable bonds is 3. The van der Waals surface area contributed by atoms with E-state index >= 15 is 0 Å². The average molecular weight is 282 g/mol. The van der Waals surface area contributed by atoms with E-state index in [0.29, 0.717) is 11.8 Å². The van der Waals surface area contributed by atoms with E-state index < -0.39 is 0 Å². The fourth-order valence-corrected chi connectivity index (χ4v) is 2.21. The lowest BCUT2D eigenvalue weighted by Crippen LogP contribution is -1.99. The average Bonchev–Trinajstić information content (AvgIpc) is 2.30. The van der Waals surface area contributed by atoms with Crippen LogP contribution in [0.15, 0.2) is 30.5 Å². The zero-order chi connectivity index (χ0) is 13.1. The Morgan fingerprint density at radius 1 is 1.11 bits per heavy atom. The van der Waals surface area contributed by atoms with Crippen LogP contribution in [-0.2, 0) is 6.61 Å². The van der Waals surface area contributed by atoms with Crippen molar-refractivity contribution in [3.63, 3.8) is 0 Å². The van der Waals surface area contributed by atoms with Crippen LogP contribution in [0.3, 0.4) is 0 Å². The van der Waals surface area contributed by atoms with Gasteiger partial charge in [0.25, 0.3) is 0 Å². The maximum Gasteiger partial charge on any atom is 0.129 e. The highest BCUT2D eigenvalue weighted by Crippen LogP contribution is 2.27. The van der Waals surface area contributed by atoms with Crippen molar-refractivity contribution in [1.29, 1.82) is 0 Å². The summed E-state index contributed by atoms with van der Waals surface area (Å²) in [4.78, 5) is 4.01. The molecule has 0 atom stereocenters. The summed E-state index contributed by atoms with van der Waals surface area (Å²) in [5.74, 6) is 0.870. The van der Waals surface area contributed by atoms with Crippen molar-refractivity contribution < 1.29 is 4.74 Å². The van der Waals surface area contributed by atoms with Crippen molar-refractivity contribution in [2.45, 2.75) is 20.5 Å². The number of halogens is 2. The molecule has 0 saturated carbocycles. The monoisotopic (exact) mass is 281 g/mol. The fourth-order valence-electron chi connectivity index (χ4n) is 1.77. The Labute approximate surface area is 117 Å². The summed E-state index contributed by atoms with van der Waals surface area (Å²) in [7, 11) is 0. The normalized spacial score (nSPS) is 10.4. The Balaban J connectivity index is 2.13. The molecule has 0 aliphatic rings. The lowest BCUT2D eigenvalue weighted by atomic mass is 10.1. The number of aromatic nitrogens is 1. The molecule has 0 aliphatic carbocycles.